The summed E-state index contributed by atoms with van der Waals surface area (Å²) in [6.45, 7) is 4.19. The Kier molecular flexibility index (Phi) is 4.55. The van der Waals surface area contributed by atoms with E-state index in [4.69, 9.17) is 14.7 Å². The molecule has 154 valence electrons. The van der Waals surface area contributed by atoms with Crippen LogP contribution in [0.1, 0.15) is 36.2 Å². The lowest BCUT2D eigenvalue weighted by Crippen LogP contribution is -2.40. The standard InChI is InChI=1S/C23H25N5OS/c1-3-18(25-19(4-1)20-5-2-10-30-20)12-28-9-8-23(14-28)15-29-13-16-11-24-22(27-21(16)23)26-17-6-7-17/h1-5,10-11,17H,6-9,12-15H2,(H,24,26,27)/t23-/m0/s1. The number of pyridine rings is 1. The molecule has 6 rings (SSSR count). The number of thiophene rings is 1. The average Bonchev–Trinajstić information content (AvgIpc) is 3.25. The van der Waals surface area contributed by atoms with Gasteiger partial charge in [0.15, 0.2) is 0 Å². The molecule has 30 heavy (non-hydrogen) atoms. The Morgan fingerprint density at radius 2 is 2.17 bits per heavy atom. The summed E-state index contributed by atoms with van der Waals surface area (Å²) in [6.07, 6.45) is 5.47. The molecule has 5 heterocycles. The Labute approximate surface area is 180 Å². The van der Waals surface area contributed by atoms with Crippen LogP contribution >= 0.6 is 11.3 Å². The summed E-state index contributed by atoms with van der Waals surface area (Å²) in [5.74, 6) is 0.779. The molecule has 1 N–H and O–H groups in total. The first-order chi connectivity index (χ1) is 14.8. The lowest BCUT2D eigenvalue weighted by Gasteiger charge is -2.34. The topological polar surface area (TPSA) is 63.2 Å². The third-order valence-electron chi connectivity index (χ3n) is 6.31. The lowest BCUT2D eigenvalue weighted by molar-refractivity contribution is 0.0502. The van der Waals surface area contributed by atoms with Crippen LogP contribution in [0.15, 0.2) is 41.9 Å². The number of hydrogen-bond acceptors (Lipinski definition) is 7. The van der Waals surface area contributed by atoms with Gasteiger partial charge in [0.25, 0.3) is 0 Å². The highest BCUT2D eigenvalue weighted by molar-refractivity contribution is 7.13. The van der Waals surface area contributed by atoms with Gasteiger partial charge in [0.1, 0.15) is 0 Å². The van der Waals surface area contributed by atoms with Crippen LogP contribution in [0, 0.1) is 0 Å². The first kappa shape index (κ1) is 18.4. The quantitative estimate of drug-likeness (QED) is 0.678. The fraction of sp³-hybridized carbons (Fsp3) is 0.435. The van der Waals surface area contributed by atoms with E-state index in [-0.39, 0.29) is 5.41 Å². The molecule has 7 heteroatoms. The van der Waals surface area contributed by atoms with Crippen molar-refractivity contribution >= 4 is 17.3 Å². The number of rotatable bonds is 5. The SMILES string of the molecule is c1cc(CN2CC[C@@]3(COCc4cnc(NC5CC5)nc43)C2)nc(-c2cccs2)c1. The third kappa shape index (κ3) is 3.51. The Balaban J connectivity index is 1.22. The summed E-state index contributed by atoms with van der Waals surface area (Å²) >= 11 is 1.73. The van der Waals surface area contributed by atoms with Crippen molar-refractivity contribution in [2.24, 2.45) is 0 Å². The molecule has 0 amide bonds. The molecule has 1 spiro atoms. The molecule has 0 radical (unpaired) electrons. The van der Waals surface area contributed by atoms with Gasteiger partial charge in [0.05, 0.1) is 40.6 Å². The second-order valence-corrected chi connectivity index (χ2v) is 9.66. The molecule has 2 aliphatic heterocycles. The zero-order valence-corrected chi connectivity index (χ0v) is 17.7. The van der Waals surface area contributed by atoms with Crippen molar-refractivity contribution in [1.29, 1.82) is 0 Å². The molecule has 3 aromatic rings. The normalized spacial score (nSPS) is 23.6. The van der Waals surface area contributed by atoms with E-state index in [9.17, 15) is 0 Å². The van der Waals surface area contributed by atoms with Crippen LogP contribution in [0.25, 0.3) is 10.6 Å². The highest BCUT2D eigenvalue weighted by atomic mass is 32.1. The van der Waals surface area contributed by atoms with Crippen molar-refractivity contribution in [3.8, 4) is 10.6 Å². The van der Waals surface area contributed by atoms with Crippen LogP contribution in [-0.2, 0) is 23.3 Å². The van der Waals surface area contributed by atoms with Gasteiger partial charge in [-0.05, 0) is 49.4 Å². The molecule has 0 unspecified atom stereocenters. The summed E-state index contributed by atoms with van der Waals surface area (Å²) < 4.78 is 5.99. The van der Waals surface area contributed by atoms with E-state index in [1.807, 2.05) is 6.20 Å². The van der Waals surface area contributed by atoms with Crippen molar-refractivity contribution in [1.82, 2.24) is 19.9 Å². The van der Waals surface area contributed by atoms with Crippen LogP contribution in [0.5, 0.6) is 0 Å². The van der Waals surface area contributed by atoms with Gasteiger partial charge >= 0.3 is 0 Å². The fourth-order valence-corrected chi connectivity index (χ4v) is 5.33. The van der Waals surface area contributed by atoms with Crippen LogP contribution < -0.4 is 5.32 Å². The second kappa shape index (κ2) is 7.41. The fourth-order valence-electron chi connectivity index (χ4n) is 4.64. The van der Waals surface area contributed by atoms with Gasteiger partial charge in [0.2, 0.25) is 5.95 Å². The zero-order valence-electron chi connectivity index (χ0n) is 16.9. The van der Waals surface area contributed by atoms with E-state index >= 15 is 0 Å². The highest BCUT2D eigenvalue weighted by Gasteiger charge is 2.45. The van der Waals surface area contributed by atoms with E-state index < -0.39 is 0 Å². The Morgan fingerprint density at radius 1 is 1.20 bits per heavy atom. The minimum absolute atomic E-state index is 0.0398. The van der Waals surface area contributed by atoms with Gasteiger partial charge in [-0.15, -0.1) is 11.3 Å². The summed E-state index contributed by atoms with van der Waals surface area (Å²) in [6, 6.07) is 11.1. The van der Waals surface area contributed by atoms with Gasteiger partial charge in [-0.1, -0.05) is 12.1 Å². The molecule has 1 aliphatic carbocycles. The number of nitrogens with one attached hydrogen (secondary N) is 1. The molecule has 3 aromatic heterocycles. The highest BCUT2D eigenvalue weighted by Crippen LogP contribution is 2.40. The monoisotopic (exact) mass is 419 g/mol. The number of fused-ring (bicyclic) bond motifs is 2. The second-order valence-electron chi connectivity index (χ2n) is 8.71. The lowest BCUT2D eigenvalue weighted by atomic mass is 9.80. The first-order valence-corrected chi connectivity index (χ1v) is 11.6. The molecule has 6 nitrogen and oxygen atoms in total. The van der Waals surface area contributed by atoms with Gasteiger partial charge in [-0.2, -0.15) is 0 Å². The Morgan fingerprint density at radius 3 is 3.03 bits per heavy atom. The molecule has 1 atom stereocenters. The van der Waals surface area contributed by atoms with Gasteiger partial charge < -0.3 is 10.1 Å². The van der Waals surface area contributed by atoms with E-state index in [1.54, 1.807) is 11.3 Å². The molecular weight excluding hydrogens is 394 g/mol. The van der Waals surface area contributed by atoms with Gasteiger partial charge in [0, 0.05) is 30.9 Å². The summed E-state index contributed by atoms with van der Waals surface area (Å²) in [7, 11) is 0. The van der Waals surface area contributed by atoms with Gasteiger partial charge in [-0.3, -0.25) is 9.88 Å². The average molecular weight is 420 g/mol. The van der Waals surface area contributed by atoms with Crippen LogP contribution in [-0.4, -0.2) is 45.6 Å². The number of hydrogen-bond donors (Lipinski definition) is 1. The van der Waals surface area contributed by atoms with E-state index in [2.05, 4.69) is 50.9 Å². The maximum atomic E-state index is 5.99. The van der Waals surface area contributed by atoms with E-state index in [0.29, 0.717) is 12.6 Å². The summed E-state index contributed by atoms with van der Waals surface area (Å²) in [5.41, 5.74) is 4.47. The number of likely N-dealkylation sites (tertiary alicyclic amines) is 1. The van der Waals surface area contributed by atoms with Crippen molar-refractivity contribution in [2.75, 3.05) is 25.0 Å². The van der Waals surface area contributed by atoms with Crippen molar-refractivity contribution in [2.45, 2.75) is 43.9 Å². The third-order valence-corrected chi connectivity index (χ3v) is 7.20. The first-order valence-electron chi connectivity index (χ1n) is 10.7. The molecular formula is C23H25N5OS. The largest absolute Gasteiger partial charge is 0.376 e. The number of aromatic nitrogens is 3. The van der Waals surface area contributed by atoms with E-state index in [0.717, 1.165) is 55.6 Å². The zero-order chi connectivity index (χ0) is 20.0. The van der Waals surface area contributed by atoms with E-state index in [1.165, 1.54) is 23.4 Å². The van der Waals surface area contributed by atoms with Crippen LogP contribution in [0.4, 0.5) is 5.95 Å². The van der Waals surface area contributed by atoms with Crippen molar-refractivity contribution in [3.05, 3.63) is 58.9 Å². The minimum atomic E-state index is -0.0398. The van der Waals surface area contributed by atoms with Crippen LogP contribution in [0.3, 0.4) is 0 Å². The Bertz CT molecular complexity index is 1050. The predicted molar refractivity (Wildman–Crippen MR) is 117 cm³/mol. The summed E-state index contributed by atoms with van der Waals surface area (Å²) in [5, 5.41) is 5.56. The molecule has 1 saturated carbocycles. The number of ether oxygens (including phenoxy) is 1. The minimum Gasteiger partial charge on any atom is -0.376 e. The molecule has 0 aromatic carbocycles. The van der Waals surface area contributed by atoms with Crippen molar-refractivity contribution in [3.63, 3.8) is 0 Å². The summed E-state index contributed by atoms with van der Waals surface area (Å²) in [4.78, 5) is 18.1. The predicted octanol–water partition coefficient (Wildman–Crippen LogP) is 3.85. The van der Waals surface area contributed by atoms with Crippen molar-refractivity contribution < 1.29 is 4.74 Å². The molecule has 0 bridgehead atoms. The van der Waals surface area contributed by atoms with Gasteiger partial charge in [-0.25, -0.2) is 9.97 Å². The molecule has 1 saturated heterocycles. The van der Waals surface area contributed by atoms with Crippen LogP contribution in [0.2, 0.25) is 0 Å². The smallest absolute Gasteiger partial charge is 0.223 e. The Hall–Kier alpha value is -2.35. The molecule has 3 aliphatic rings. The number of anilines is 1. The maximum absolute atomic E-state index is 5.99. The maximum Gasteiger partial charge on any atom is 0.223 e. The molecule has 2 fully saturated rings. The number of nitrogens with zero attached hydrogens (tertiary/aromatic N) is 4.